The second-order valence-electron chi connectivity index (χ2n) is 6.22. The predicted molar refractivity (Wildman–Crippen MR) is 81.9 cm³/mol. The number of rotatable bonds is 5. The molecule has 106 valence electrons. The zero-order valence-corrected chi connectivity index (χ0v) is 12.6. The minimum Gasteiger partial charge on any atom is -0.271 e. The molecule has 1 aromatic rings. The molecule has 0 bridgehead atoms. The Bertz CT molecular complexity index is 399. The van der Waals surface area contributed by atoms with Crippen LogP contribution in [0.3, 0.4) is 0 Å². The van der Waals surface area contributed by atoms with Crippen molar-refractivity contribution in [3.05, 3.63) is 34.9 Å². The number of aryl methyl sites for hydroxylation is 2. The van der Waals surface area contributed by atoms with Crippen LogP contribution in [0.25, 0.3) is 0 Å². The number of hydrazine groups is 1. The molecule has 0 radical (unpaired) electrons. The molecular formula is C17H28N2. The number of nitrogens with two attached hydrogens (primary N) is 1. The maximum absolute atomic E-state index is 5.91. The average molecular weight is 260 g/mol. The standard InChI is InChI=1S/C17H28N2/c1-4-17(10-5-6-11-17)16(19-18)12-15-13(2)8-7-9-14(15)3/h7-9,16,19H,4-6,10-12,18H2,1-3H3. The minimum absolute atomic E-state index is 0.403. The van der Waals surface area contributed by atoms with Crippen LogP contribution >= 0.6 is 0 Å². The van der Waals surface area contributed by atoms with Gasteiger partial charge >= 0.3 is 0 Å². The summed E-state index contributed by atoms with van der Waals surface area (Å²) in [4.78, 5) is 0. The Kier molecular flexibility index (Phi) is 4.64. The first-order valence-electron chi connectivity index (χ1n) is 7.64. The highest BCUT2D eigenvalue weighted by Crippen LogP contribution is 2.44. The molecule has 2 rings (SSSR count). The third kappa shape index (κ3) is 2.85. The highest BCUT2D eigenvalue weighted by atomic mass is 15.2. The van der Waals surface area contributed by atoms with Crippen molar-refractivity contribution in [2.45, 2.75) is 65.3 Å². The fourth-order valence-electron chi connectivity index (χ4n) is 3.85. The molecule has 1 saturated carbocycles. The molecule has 0 amide bonds. The van der Waals surface area contributed by atoms with Gasteiger partial charge in [0, 0.05) is 6.04 Å². The van der Waals surface area contributed by atoms with Gasteiger partial charge < -0.3 is 0 Å². The minimum atomic E-state index is 0.403. The molecule has 0 aromatic heterocycles. The van der Waals surface area contributed by atoms with Crippen LogP contribution in [0.5, 0.6) is 0 Å². The summed E-state index contributed by atoms with van der Waals surface area (Å²) in [5.41, 5.74) is 7.81. The van der Waals surface area contributed by atoms with Crippen LogP contribution in [0.1, 0.15) is 55.7 Å². The summed E-state index contributed by atoms with van der Waals surface area (Å²) in [6.07, 6.45) is 7.65. The van der Waals surface area contributed by atoms with E-state index in [2.05, 4.69) is 44.4 Å². The number of benzene rings is 1. The van der Waals surface area contributed by atoms with E-state index >= 15 is 0 Å². The Hall–Kier alpha value is -0.860. The molecule has 1 fully saturated rings. The average Bonchev–Trinajstić information content (AvgIpc) is 2.88. The molecule has 0 aliphatic heterocycles. The molecule has 0 heterocycles. The summed E-state index contributed by atoms with van der Waals surface area (Å²) >= 11 is 0. The fourth-order valence-corrected chi connectivity index (χ4v) is 3.85. The lowest BCUT2D eigenvalue weighted by atomic mass is 9.73. The van der Waals surface area contributed by atoms with Gasteiger partial charge in [0.2, 0.25) is 0 Å². The van der Waals surface area contributed by atoms with Crippen molar-refractivity contribution in [1.82, 2.24) is 5.43 Å². The lowest BCUT2D eigenvalue weighted by Gasteiger charge is -2.37. The van der Waals surface area contributed by atoms with E-state index in [9.17, 15) is 0 Å². The van der Waals surface area contributed by atoms with Crippen molar-refractivity contribution < 1.29 is 0 Å². The van der Waals surface area contributed by atoms with Crippen molar-refractivity contribution in [3.8, 4) is 0 Å². The normalized spacial score (nSPS) is 19.6. The van der Waals surface area contributed by atoms with Crippen LogP contribution in [0.4, 0.5) is 0 Å². The van der Waals surface area contributed by atoms with E-state index in [-0.39, 0.29) is 0 Å². The first-order chi connectivity index (χ1) is 9.13. The Morgan fingerprint density at radius 1 is 1.21 bits per heavy atom. The van der Waals surface area contributed by atoms with Gasteiger partial charge in [-0.25, -0.2) is 0 Å². The summed E-state index contributed by atoms with van der Waals surface area (Å²) in [7, 11) is 0. The SMILES string of the molecule is CCC1(C(Cc2c(C)cccc2C)NN)CCCC1. The first-order valence-corrected chi connectivity index (χ1v) is 7.64. The van der Waals surface area contributed by atoms with Crippen LogP contribution in [0, 0.1) is 19.3 Å². The fraction of sp³-hybridized carbons (Fsp3) is 0.647. The van der Waals surface area contributed by atoms with Gasteiger partial charge in [0.1, 0.15) is 0 Å². The van der Waals surface area contributed by atoms with E-state index in [1.807, 2.05) is 0 Å². The number of hydrogen-bond donors (Lipinski definition) is 2. The molecule has 19 heavy (non-hydrogen) atoms. The third-order valence-electron chi connectivity index (χ3n) is 5.30. The Balaban J connectivity index is 2.24. The largest absolute Gasteiger partial charge is 0.271 e. The van der Waals surface area contributed by atoms with Crippen molar-refractivity contribution in [2.24, 2.45) is 11.3 Å². The quantitative estimate of drug-likeness (QED) is 0.626. The molecule has 0 spiro atoms. The van der Waals surface area contributed by atoms with Crippen LogP contribution in [0.2, 0.25) is 0 Å². The molecule has 1 unspecified atom stereocenters. The molecule has 2 heteroatoms. The van der Waals surface area contributed by atoms with Gasteiger partial charge in [0.25, 0.3) is 0 Å². The monoisotopic (exact) mass is 260 g/mol. The highest BCUT2D eigenvalue weighted by molar-refractivity contribution is 5.34. The topological polar surface area (TPSA) is 38.0 Å². The first kappa shape index (κ1) is 14.5. The summed E-state index contributed by atoms with van der Waals surface area (Å²) < 4.78 is 0. The molecule has 3 N–H and O–H groups in total. The van der Waals surface area contributed by atoms with Crippen LogP contribution in [0.15, 0.2) is 18.2 Å². The van der Waals surface area contributed by atoms with Gasteiger partial charge in [0.15, 0.2) is 0 Å². The molecule has 1 aliphatic rings. The zero-order valence-electron chi connectivity index (χ0n) is 12.6. The molecule has 1 aromatic carbocycles. The van der Waals surface area contributed by atoms with Crippen LogP contribution < -0.4 is 11.3 Å². The van der Waals surface area contributed by atoms with Crippen molar-refractivity contribution in [3.63, 3.8) is 0 Å². The summed E-state index contributed by atoms with van der Waals surface area (Å²) in [5.74, 6) is 5.91. The van der Waals surface area contributed by atoms with Gasteiger partial charge in [-0.3, -0.25) is 11.3 Å². The Morgan fingerprint density at radius 2 is 1.79 bits per heavy atom. The second kappa shape index (κ2) is 6.06. The highest BCUT2D eigenvalue weighted by Gasteiger charge is 2.39. The van der Waals surface area contributed by atoms with E-state index < -0.39 is 0 Å². The maximum Gasteiger partial charge on any atom is 0.0307 e. The molecule has 2 nitrogen and oxygen atoms in total. The second-order valence-corrected chi connectivity index (χ2v) is 6.22. The molecule has 1 atom stereocenters. The van der Waals surface area contributed by atoms with E-state index in [4.69, 9.17) is 5.84 Å². The lowest BCUT2D eigenvalue weighted by molar-refractivity contribution is 0.185. The Morgan fingerprint density at radius 3 is 2.26 bits per heavy atom. The Labute approximate surface area is 117 Å². The van der Waals surface area contributed by atoms with E-state index in [1.165, 1.54) is 48.8 Å². The molecule has 0 saturated heterocycles. The van der Waals surface area contributed by atoms with Gasteiger partial charge in [-0.1, -0.05) is 38.0 Å². The van der Waals surface area contributed by atoms with Crippen molar-refractivity contribution in [2.75, 3.05) is 0 Å². The molecular weight excluding hydrogens is 232 g/mol. The van der Waals surface area contributed by atoms with Crippen molar-refractivity contribution >= 4 is 0 Å². The summed E-state index contributed by atoms with van der Waals surface area (Å²) in [5, 5.41) is 0. The van der Waals surface area contributed by atoms with E-state index in [0.29, 0.717) is 11.5 Å². The van der Waals surface area contributed by atoms with Gasteiger partial charge in [-0.2, -0.15) is 0 Å². The van der Waals surface area contributed by atoms with Crippen molar-refractivity contribution in [1.29, 1.82) is 0 Å². The van der Waals surface area contributed by atoms with E-state index in [0.717, 1.165) is 6.42 Å². The number of nitrogens with one attached hydrogen (secondary N) is 1. The van der Waals surface area contributed by atoms with Gasteiger partial charge in [0.05, 0.1) is 0 Å². The third-order valence-corrected chi connectivity index (χ3v) is 5.30. The van der Waals surface area contributed by atoms with Crippen LogP contribution in [-0.2, 0) is 6.42 Å². The summed E-state index contributed by atoms with van der Waals surface area (Å²) in [6.45, 7) is 6.74. The molecule has 1 aliphatic carbocycles. The van der Waals surface area contributed by atoms with E-state index in [1.54, 1.807) is 0 Å². The van der Waals surface area contributed by atoms with Gasteiger partial charge in [-0.05, 0) is 61.6 Å². The van der Waals surface area contributed by atoms with Crippen LogP contribution in [-0.4, -0.2) is 6.04 Å². The van der Waals surface area contributed by atoms with Gasteiger partial charge in [-0.15, -0.1) is 0 Å². The summed E-state index contributed by atoms with van der Waals surface area (Å²) in [6, 6.07) is 6.97. The zero-order chi connectivity index (χ0) is 13.9. The maximum atomic E-state index is 5.91. The smallest absolute Gasteiger partial charge is 0.0307 e. The predicted octanol–water partition coefficient (Wildman–Crippen LogP) is 3.65. The lowest BCUT2D eigenvalue weighted by Crippen LogP contribution is -2.48. The number of hydrogen-bond acceptors (Lipinski definition) is 2.